The highest BCUT2D eigenvalue weighted by molar-refractivity contribution is 5.84. The lowest BCUT2D eigenvalue weighted by molar-refractivity contribution is -0.134. The zero-order valence-electron chi connectivity index (χ0n) is 11.1. The van der Waals surface area contributed by atoms with E-state index in [1.165, 1.54) is 10.9 Å². The molecule has 2 unspecified atom stereocenters. The van der Waals surface area contributed by atoms with E-state index in [0.717, 1.165) is 19.5 Å². The van der Waals surface area contributed by atoms with Crippen molar-refractivity contribution in [2.24, 2.45) is 11.8 Å². The number of nitrogens with zero attached hydrogens (tertiary/aromatic N) is 4. The van der Waals surface area contributed by atoms with E-state index in [0.29, 0.717) is 11.8 Å². The SMILES string of the molecule is CC1CCN(C(=O)Cn2cc(C(=O)O)nn2)CC1C. The number of piperidine rings is 1. The normalized spacial score (nSPS) is 23.4. The van der Waals surface area contributed by atoms with Crippen LogP contribution in [0.3, 0.4) is 0 Å². The van der Waals surface area contributed by atoms with E-state index in [2.05, 4.69) is 24.2 Å². The second kappa shape index (κ2) is 5.38. The summed E-state index contributed by atoms with van der Waals surface area (Å²) in [6, 6.07) is 0. The first-order valence-electron chi connectivity index (χ1n) is 6.38. The molecule has 2 atom stereocenters. The van der Waals surface area contributed by atoms with Crippen molar-refractivity contribution in [1.29, 1.82) is 0 Å². The van der Waals surface area contributed by atoms with Crippen molar-refractivity contribution in [1.82, 2.24) is 19.9 Å². The molecular weight excluding hydrogens is 248 g/mol. The second-order valence-electron chi connectivity index (χ2n) is 5.19. The Labute approximate surface area is 111 Å². The molecule has 1 aromatic rings. The van der Waals surface area contributed by atoms with Crippen LogP contribution in [0.1, 0.15) is 30.8 Å². The number of amides is 1. The van der Waals surface area contributed by atoms with Gasteiger partial charge in [-0.05, 0) is 18.3 Å². The topological polar surface area (TPSA) is 88.3 Å². The standard InChI is InChI=1S/C12H18N4O3/c1-8-3-4-15(5-9(8)2)11(17)7-16-6-10(12(18)19)13-14-16/h6,8-9H,3-5,7H2,1-2H3,(H,18,19). The quantitative estimate of drug-likeness (QED) is 0.859. The molecule has 1 aliphatic rings. The maximum Gasteiger partial charge on any atom is 0.358 e. The van der Waals surface area contributed by atoms with Crippen LogP contribution in [0.15, 0.2) is 6.20 Å². The van der Waals surface area contributed by atoms with E-state index in [1.807, 2.05) is 4.90 Å². The number of aromatic nitrogens is 3. The van der Waals surface area contributed by atoms with Gasteiger partial charge in [-0.1, -0.05) is 19.1 Å². The molecular formula is C12H18N4O3. The number of carboxylic acids is 1. The van der Waals surface area contributed by atoms with Crippen molar-refractivity contribution < 1.29 is 14.7 Å². The van der Waals surface area contributed by atoms with Crippen molar-refractivity contribution in [3.8, 4) is 0 Å². The third kappa shape index (κ3) is 3.10. The van der Waals surface area contributed by atoms with E-state index in [-0.39, 0.29) is 18.1 Å². The van der Waals surface area contributed by atoms with Gasteiger partial charge in [-0.2, -0.15) is 0 Å². The fraction of sp³-hybridized carbons (Fsp3) is 0.667. The van der Waals surface area contributed by atoms with Gasteiger partial charge in [0.05, 0.1) is 6.20 Å². The molecule has 1 amide bonds. The summed E-state index contributed by atoms with van der Waals surface area (Å²) in [5.74, 6) is -0.0585. The number of hydrogen-bond acceptors (Lipinski definition) is 4. The van der Waals surface area contributed by atoms with Crippen LogP contribution in [0.2, 0.25) is 0 Å². The molecule has 7 heteroatoms. The predicted molar refractivity (Wildman–Crippen MR) is 66.5 cm³/mol. The van der Waals surface area contributed by atoms with Crippen molar-refractivity contribution in [2.45, 2.75) is 26.8 Å². The Morgan fingerprint density at radius 1 is 1.42 bits per heavy atom. The van der Waals surface area contributed by atoms with Gasteiger partial charge in [-0.15, -0.1) is 5.10 Å². The maximum absolute atomic E-state index is 12.1. The molecule has 1 saturated heterocycles. The van der Waals surface area contributed by atoms with Gasteiger partial charge in [0.25, 0.3) is 0 Å². The molecule has 0 radical (unpaired) electrons. The van der Waals surface area contributed by atoms with Crippen LogP contribution >= 0.6 is 0 Å². The lowest BCUT2D eigenvalue weighted by atomic mass is 9.89. The fourth-order valence-electron chi connectivity index (χ4n) is 2.20. The van der Waals surface area contributed by atoms with Gasteiger partial charge < -0.3 is 10.0 Å². The van der Waals surface area contributed by atoms with Crippen LogP contribution in [0.25, 0.3) is 0 Å². The monoisotopic (exact) mass is 266 g/mol. The zero-order valence-corrected chi connectivity index (χ0v) is 11.1. The Morgan fingerprint density at radius 3 is 2.74 bits per heavy atom. The average molecular weight is 266 g/mol. The fourth-order valence-corrected chi connectivity index (χ4v) is 2.20. The van der Waals surface area contributed by atoms with Gasteiger partial charge in [-0.25, -0.2) is 9.48 Å². The zero-order chi connectivity index (χ0) is 14.0. The molecule has 0 bridgehead atoms. The number of rotatable bonds is 3. The molecule has 1 fully saturated rings. The van der Waals surface area contributed by atoms with Crippen LogP contribution in [0, 0.1) is 11.8 Å². The highest BCUT2D eigenvalue weighted by Gasteiger charge is 2.26. The summed E-state index contributed by atoms with van der Waals surface area (Å²) >= 11 is 0. The molecule has 1 N–H and O–H groups in total. The molecule has 19 heavy (non-hydrogen) atoms. The Kier molecular flexibility index (Phi) is 3.82. The molecule has 0 aliphatic carbocycles. The van der Waals surface area contributed by atoms with E-state index >= 15 is 0 Å². The van der Waals surface area contributed by atoms with Gasteiger partial charge in [0.2, 0.25) is 5.91 Å². The summed E-state index contributed by atoms with van der Waals surface area (Å²) in [4.78, 5) is 24.6. The first-order chi connectivity index (χ1) is 8.97. The maximum atomic E-state index is 12.1. The average Bonchev–Trinajstić information content (AvgIpc) is 2.81. The molecule has 1 aliphatic heterocycles. The molecule has 1 aromatic heterocycles. The van der Waals surface area contributed by atoms with E-state index in [9.17, 15) is 9.59 Å². The molecule has 7 nitrogen and oxygen atoms in total. The number of carbonyl (C=O) groups excluding carboxylic acids is 1. The van der Waals surface area contributed by atoms with Gasteiger partial charge in [-0.3, -0.25) is 4.79 Å². The Morgan fingerprint density at radius 2 is 2.16 bits per heavy atom. The van der Waals surface area contributed by atoms with Gasteiger partial charge >= 0.3 is 5.97 Å². The number of hydrogen-bond donors (Lipinski definition) is 1. The summed E-state index contributed by atoms with van der Waals surface area (Å²) in [6.45, 7) is 5.89. The van der Waals surface area contributed by atoms with Crippen LogP contribution in [0.4, 0.5) is 0 Å². The predicted octanol–water partition coefficient (Wildman–Crippen LogP) is 0.481. The number of aromatic carboxylic acids is 1. The third-order valence-electron chi connectivity index (χ3n) is 3.74. The highest BCUT2D eigenvalue weighted by Crippen LogP contribution is 2.22. The summed E-state index contributed by atoms with van der Waals surface area (Å²) < 4.78 is 1.27. The smallest absolute Gasteiger partial charge is 0.358 e. The summed E-state index contributed by atoms with van der Waals surface area (Å²) in [6.07, 6.45) is 2.28. The van der Waals surface area contributed by atoms with Crippen molar-refractivity contribution in [2.75, 3.05) is 13.1 Å². The number of carbonyl (C=O) groups is 2. The van der Waals surface area contributed by atoms with Gasteiger partial charge in [0, 0.05) is 13.1 Å². The molecule has 0 saturated carbocycles. The van der Waals surface area contributed by atoms with Crippen LogP contribution in [-0.4, -0.2) is 50.0 Å². The Hall–Kier alpha value is -1.92. The number of likely N-dealkylation sites (tertiary alicyclic amines) is 1. The van der Waals surface area contributed by atoms with E-state index in [4.69, 9.17) is 5.11 Å². The minimum Gasteiger partial charge on any atom is -0.476 e. The van der Waals surface area contributed by atoms with Gasteiger partial charge in [0.1, 0.15) is 6.54 Å². The van der Waals surface area contributed by atoms with Crippen molar-refractivity contribution in [3.63, 3.8) is 0 Å². The second-order valence-corrected chi connectivity index (χ2v) is 5.19. The molecule has 2 rings (SSSR count). The Balaban J connectivity index is 1.95. The number of carboxylic acid groups (broad SMARTS) is 1. The van der Waals surface area contributed by atoms with Crippen molar-refractivity contribution >= 4 is 11.9 Å². The van der Waals surface area contributed by atoms with Crippen LogP contribution in [-0.2, 0) is 11.3 Å². The van der Waals surface area contributed by atoms with Gasteiger partial charge in [0.15, 0.2) is 5.69 Å². The summed E-state index contributed by atoms with van der Waals surface area (Å²) in [7, 11) is 0. The molecule has 0 aromatic carbocycles. The lowest BCUT2D eigenvalue weighted by Gasteiger charge is -2.35. The third-order valence-corrected chi connectivity index (χ3v) is 3.74. The highest BCUT2D eigenvalue weighted by atomic mass is 16.4. The molecule has 104 valence electrons. The molecule has 0 spiro atoms. The van der Waals surface area contributed by atoms with Crippen molar-refractivity contribution in [3.05, 3.63) is 11.9 Å². The first-order valence-corrected chi connectivity index (χ1v) is 6.38. The van der Waals surface area contributed by atoms with Crippen LogP contribution < -0.4 is 0 Å². The lowest BCUT2D eigenvalue weighted by Crippen LogP contribution is -2.43. The minimum absolute atomic E-state index is 0.0411. The first kappa shape index (κ1) is 13.5. The van der Waals surface area contributed by atoms with E-state index in [1.54, 1.807) is 0 Å². The van der Waals surface area contributed by atoms with Crippen LogP contribution in [0.5, 0.6) is 0 Å². The largest absolute Gasteiger partial charge is 0.476 e. The van der Waals surface area contributed by atoms with E-state index < -0.39 is 5.97 Å². The Bertz CT molecular complexity index is 485. The minimum atomic E-state index is -1.14. The summed E-state index contributed by atoms with van der Waals surface area (Å²) in [5, 5.41) is 15.9. The molecule has 2 heterocycles. The summed E-state index contributed by atoms with van der Waals surface area (Å²) in [5.41, 5.74) is -0.145.